The van der Waals surface area contributed by atoms with Gasteiger partial charge < -0.3 is 24.6 Å². The Morgan fingerprint density at radius 3 is 2.88 bits per heavy atom. The lowest BCUT2D eigenvalue weighted by molar-refractivity contribution is -0.135. The Labute approximate surface area is 198 Å². The van der Waals surface area contributed by atoms with Gasteiger partial charge in [0, 0.05) is 38.2 Å². The molecule has 3 amide bonds. The average Bonchev–Trinajstić information content (AvgIpc) is 3.30. The average molecular weight is 478 g/mol. The molecule has 180 valence electrons. The van der Waals surface area contributed by atoms with E-state index in [9.17, 15) is 14.0 Å². The zero-order valence-electron chi connectivity index (χ0n) is 19.2. The first-order valence-electron chi connectivity index (χ1n) is 11.3. The summed E-state index contributed by atoms with van der Waals surface area (Å²) in [7, 11) is 1.61. The number of rotatable bonds is 11. The molecule has 1 atom stereocenters. The van der Waals surface area contributed by atoms with E-state index in [0.717, 1.165) is 18.4 Å². The third kappa shape index (κ3) is 6.68. The van der Waals surface area contributed by atoms with Crippen molar-refractivity contribution >= 4 is 23.3 Å². The minimum absolute atomic E-state index is 0.0328. The standard InChI is InChI=1S/C24H32FN3O4S/c1-3-11-26-24(30)27(12-6-14-31-2)16-23(29)28-13-9-22-18(10-15-33-22)20(28)17-32-21-8-5-4-7-19(21)25/h4-5,7-8,10,15,20H,3,6,9,11-14,16-17H2,1-2H3,(H,26,30)/t20-/m1/s1. The Kier molecular flexibility index (Phi) is 9.50. The maximum absolute atomic E-state index is 14.1. The van der Waals surface area contributed by atoms with Crippen LogP contribution >= 0.6 is 11.3 Å². The molecule has 2 heterocycles. The van der Waals surface area contributed by atoms with Crippen LogP contribution in [0, 0.1) is 5.82 Å². The molecule has 0 radical (unpaired) electrons. The maximum atomic E-state index is 14.1. The summed E-state index contributed by atoms with van der Waals surface area (Å²) in [6, 6.07) is 7.65. The fourth-order valence-electron chi connectivity index (χ4n) is 3.86. The predicted molar refractivity (Wildman–Crippen MR) is 126 cm³/mol. The van der Waals surface area contributed by atoms with Gasteiger partial charge in [-0.25, -0.2) is 9.18 Å². The van der Waals surface area contributed by atoms with E-state index in [1.165, 1.54) is 15.8 Å². The number of nitrogens with one attached hydrogen (secondary N) is 1. The fourth-order valence-corrected chi connectivity index (χ4v) is 4.78. The number of halogens is 1. The summed E-state index contributed by atoms with van der Waals surface area (Å²) in [6.45, 7) is 4.09. The van der Waals surface area contributed by atoms with Crippen LogP contribution in [0.25, 0.3) is 0 Å². The molecule has 1 aromatic carbocycles. The molecule has 7 nitrogen and oxygen atoms in total. The van der Waals surface area contributed by atoms with Gasteiger partial charge >= 0.3 is 6.03 Å². The van der Waals surface area contributed by atoms with Gasteiger partial charge in [-0.1, -0.05) is 19.1 Å². The van der Waals surface area contributed by atoms with E-state index in [-0.39, 0.29) is 36.9 Å². The lowest BCUT2D eigenvalue weighted by atomic mass is 10.0. The minimum Gasteiger partial charge on any atom is -0.488 e. The number of methoxy groups -OCH3 is 1. The molecular formula is C24H32FN3O4S. The molecule has 0 spiro atoms. The summed E-state index contributed by atoms with van der Waals surface area (Å²) in [4.78, 5) is 30.5. The number of fused-ring (bicyclic) bond motifs is 1. The Hall–Kier alpha value is -2.65. The smallest absolute Gasteiger partial charge is 0.317 e. The summed E-state index contributed by atoms with van der Waals surface area (Å²) in [5.74, 6) is -0.431. The van der Waals surface area contributed by atoms with Crippen LogP contribution in [0.15, 0.2) is 35.7 Å². The molecule has 1 N–H and O–H groups in total. The number of carbonyl (C=O) groups excluding carboxylic acids is 2. The van der Waals surface area contributed by atoms with E-state index in [1.807, 2.05) is 18.4 Å². The molecule has 0 unspecified atom stereocenters. The minimum atomic E-state index is -0.436. The van der Waals surface area contributed by atoms with E-state index < -0.39 is 5.82 Å². The molecule has 0 bridgehead atoms. The van der Waals surface area contributed by atoms with E-state index in [0.29, 0.717) is 32.7 Å². The number of para-hydroxylation sites is 1. The molecule has 0 fully saturated rings. The van der Waals surface area contributed by atoms with Crippen molar-refractivity contribution < 1.29 is 23.5 Å². The molecule has 1 aliphatic heterocycles. The number of thiophene rings is 1. The van der Waals surface area contributed by atoms with E-state index in [2.05, 4.69) is 5.32 Å². The molecule has 9 heteroatoms. The van der Waals surface area contributed by atoms with Gasteiger partial charge in [0.05, 0.1) is 6.04 Å². The van der Waals surface area contributed by atoms with Crippen molar-refractivity contribution in [3.63, 3.8) is 0 Å². The van der Waals surface area contributed by atoms with Crippen molar-refractivity contribution in [2.45, 2.75) is 32.2 Å². The number of benzene rings is 1. The number of ether oxygens (including phenoxy) is 2. The maximum Gasteiger partial charge on any atom is 0.317 e. The molecule has 0 saturated carbocycles. The third-order valence-electron chi connectivity index (χ3n) is 5.56. The molecular weight excluding hydrogens is 445 g/mol. The second kappa shape index (κ2) is 12.6. The van der Waals surface area contributed by atoms with Crippen LogP contribution in [0.5, 0.6) is 5.75 Å². The van der Waals surface area contributed by atoms with Gasteiger partial charge in [-0.15, -0.1) is 11.3 Å². The molecule has 1 aliphatic rings. The van der Waals surface area contributed by atoms with Gasteiger partial charge in [-0.3, -0.25) is 4.79 Å². The van der Waals surface area contributed by atoms with Gasteiger partial charge in [0.25, 0.3) is 0 Å². The Morgan fingerprint density at radius 2 is 2.12 bits per heavy atom. The first-order valence-corrected chi connectivity index (χ1v) is 12.2. The summed E-state index contributed by atoms with van der Waals surface area (Å²) in [5.41, 5.74) is 1.03. The second-order valence-corrected chi connectivity index (χ2v) is 8.89. The van der Waals surface area contributed by atoms with Crippen molar-refractivity contribution in [2.24, 2.45) is 0 Å². The highest BCUT2D eigenvalue weighted by Crippen LogP contribution is 2.34. The number of carbonyl (C=O) groups is 2. The van der Waals surface area contributed by atoms with Gasteiger partial charge in [0.1, 0.15) is 13.2 Å². The Balaban J connectivity index is 1.73. The second-order valence-electron chi connectivity index (χ2n) is 7.89. The lowest BCUT2D eigenvalue weighted by Gasteiger charge is -2.37. The third-order valence-corrected chi connectivity index (χ3v) is 6.56. The van der Waals surface area contributed by atoms with Gasteiger partial charge in [0.15, 0.2) is 11.6 Å². The van der Waals surface area contributed by atoms with E-state index >= 15 is 0 Å². The van der Waals surface area contributed by atoms with Crippen LogP contribution in [-0.4, -0.2) is 68.2 Å². The fraction of sp³-hybridized carbons (Fsp3) is 0.500. The van der Waals surface area contributed by atoms with Crippen molar-refractivity contribution in [3.05, 3.63) is 52.0 Å². The first-order chi connectivity index (χ1) is 16.0. The number of amides is 3. The largest absolute Gasteiger partial charge is 0.488 e. The molecule has 0 aliphatic carbocycles. The van der Waals surface area contributed by atoms with E-state index in [4.69, 9.17) is 9.47 Å². The van der Waals surface area contributed by atoms with Crippen LogP contribution in [0.3, 0.4) is 0 Å². The highest BCUT2D eigenvalue weighted by molar-refractivity contribution is 7.10. The van der Waals surface area contributed by atoms with Crippen LogP contribution in [-0.2, 0) is 16.0 Å². The topological polar surface area (TPSA) is 71.1 Å². The summed E-state index contributed by atoms with van der Waals surface area (Å²) >= 11 is 1.65. The number of nitrogens with zero attached hydrogens (tertiary/aromatic N) is 2. The first kappa shape index (κ1) is 25.0. The van der Waals surface area contributed by atoms with Crippen molar-refractivity contribution in [1.29, 1.82) is 0 Å². The molecule has 33 heavy (non-hydrogen) atoms. The number of urea groups is 1. The van der Waals surface area contributed by atoms with Gasteiger partial charge in [-0.05, 0) is 48.4 Å². The summed E-state index contributed by atoms with van der Waals surface area (Å²) < 4.78 is 25.0. The Bertz CT molecular complexity index is 923. The number of hydrogen-bond acceptors (Lipinski definition) is 5. The molecule has 2 aromatic rings. The van der Waals surface area contributed by atoms with Crippen molar-refractivity contribution in [2.75, 3.05) is 46.5 Å². The zero-order valence-corrected chi connectivity index (χ0v) is 20.0. The Morgan fingerprint density at radius 1 is 1.30 bits per heavy atom. The van der Waals surface area contributed by atoms with E-state index in [1.54, 1.807) is 41.5 Å². The number of hydrogen-bond donors (Lipinski definition) is 1. The molecule has 1 aromatic heterocycles. The highest BCUT2D eigenvalue weighted by Gasteiger charge is 2.33. The lowest BCUT2D eigenvalue weighted by Crippen LogP contribution is -2.50. The van der Waals surface area contributed by atoms with Crippen molar-refractivity contribution in [3.8, 4) is 5.75 Å². The van der Waals surface area contributed by atoms with Gasteiger partial charge in [0.2, 0.25) is 5.91 Å². The highest BCUT2D eigenvalue weighted by atomic mass is 32.1. The summed E-state index contributed by atoms with van der Waals surface area (Å²) in [6.07, 6.45) is 2.20. The van der Waals surface area contributed by atoms with Gasteiger partial charge in [-0.2, -0.15) is 0 Å². The quantitative estimate of drug-likeness (QED) is 0.499. The van der Waals surface area contributed by atoms with Crippen molar-refractivity contribution in [1.82, 2.24) is 15.1 Å². The van der Waals surface area contributed by atoms with Crippen LogP contribution in [0.1, 0.15) is 36.2 Å². The normalized spacial score (nSPS) is 15.1. The van der Waals surface area contributed by atoms with Crippen LogP contribution in [0.4, 0.5) is 9.18 Å². The molecule has 0 saturated heterocycles. The van der Waals surface area contributed by atoms with Crippen LogP contribution < -0.4 is 10.1 Å². The SMILES string of the molecule is CCCNC(=O)N(CCCOC)CC(=O)N1CCc2sccc2[C@H]1COc1ccccc1F. The summed E-state index contributed by atoms with van der Waals surface area (Å²) in [5, 5.41) is 4.86. The monoisotopic (exact) mass is 477 g/mol. The van der Waals surface area contributed by atoms with Crippen LogP contribution in [0.2, 0.25) is 0 Å². The zero-order chi connectivity index (χ0) is 23.6. The predicted octanol–water partition coefficient (Wildman–Crippen LogP) is 3.85. The molecule has 3 rings (SSSR count).